The fraction of sp³-hybridized carbons (Fsp3) is 0.789. The summed E-state index contributed by atoms with van der Waals surface area (Å²) in [5, 5.41) is 0.157. The van der Waals surface area contributed by atoms with E-state index in [0.29, 0.717) is 11.3 Å². The average molecular weight is 340 g/mol. The highest BCUT2D eigenvalue weighted by Gasteiger charge is 2.51. The molecule has 22 heavy (non-hydrogen) atoms. The quantitative estimate of drug-likeness (QED) is 0.377. The van der Waals surface area contributed by atoms with E-state index in [1.165, 1.54) is 11.1 Å². The first-order valence-electron chi connectivity index (χ1n) is 8.72. The largest absolute Gasteiger partial charge is 0.336 e. The van der Waals surface area contributed by atoms with Crippen molar-refractivity contribution in [1.29, 1.82) is 0 Å². The normalized spacial score (nSPS) is 19.7. The van der Waals surface area contributed by atoms with Crippen LogP contribution >= 0.6 is 7.05 Å². The van der Waals surface area contributed by atoms with Crippen molar-refractivity contribution in [2.45, 2.75) is 98.4 Å². The van der Waals surface area contributed by atoms with Crippen molar-refractivity contribution in [3.8, 4) is 0 Å². The second kappa shape index (κ2) is 6.09. The van der Waals surface area contributed by atoms with Crippen molar-refractivity contribution in [2.24, 2.45) is 4.41 Å². The third-order valence-electron chi connectivity index (χ3n) is 5.90. The molecule has 0 aromatic carbocycles. The summed E-state index contributed by atoms with van der Waals surface area (Å²) >= 11 is 0. The average Bonchev–Trinajstić information content (AvgIpc) is 2.51. The van der Waals surface area contributed by atoms with Crippen molar-refractivity contribution in [3.05, 3.63) is 22.3 Å². The van der Waals surface area contributed by atoms with E-state index in [1.807, 2.05) is 0 Å². The molecule has 0 aliphatic heterocycles. The first-order chi connectivity index (χ1) is 9.73. The fourth-order valence-corrected chi connectivity index (χ4v) is 15.9. The number of allylic oxidation sites excluding steroid dienone is 4. The Morgan fingerprint density at radius 3 is 1.36 bits per heavy atom. The Labute approximate surface area is 140 Å². The molecule has 0 saturated carbocycles. The van der Waals surface area contributed by atoms with Crippen LogP contribution < -0.4 is 0 Å². The summed E-state index contributed by atoms with van der Waals surface area (Å²) in [4.78, 5) is 0. The summed E-state index contributed by atoms with van der Waals surface area (Å²) in [6, 6.07) is 0. The van der Waals surface area contributed by atoms with E-state index >= 15 is 0 Å². The zero-order chi connectivity index (χ0) is 17.7. The maximum absolute atomic E-state index is 5.74. The van der Waals surface area contributed by atoms with Crippen molar-refractivity contribution < 1.29 is 0 Å². The number of rotatable bonds is 4. The molecule has 0 fully saturated rings. The van der Waals surface area contributed by atoms with Crippen LogP contribution in [0.25, 0.3) is 0 Å². The lowest BCUT2D eigenvalue weighted by molar-refractivity contribution is 0.803. The highest BCUT2D eigenvalue weighted by Crippen LogP contribution is 2.74. The van der Waals surface area contributed by atoms with Gasteiger partial charge in [-0.15, -0.1) is 0 Å². The second-order valence-corrected chi connectivity index (χ2v) is 18.3. The zero-order valence-electron chi connectivity index (χ0n) is 17.0. The Morgan fingerprint density at radius 2 is 1.14 bits per heavy atom. The monoisotopic (exact) mass is 339 g/mol. The SMILES string of the molecule is CC1=C(C)C(C)(P(=N[Si](C)(C)C)(C(C)C)C(C)C)C(C)=C1C. The lowest BCUT2D eigenvalue weighted by atomic mass is 9.98. The van der Waals surface area contributed by atoms with Gasteiger partial charge in [-0.3, -0.25) is 0 Å². The van der Waals surface area contributed by atoms with Crippen LogP contribution in [-0.4, -0.2) is 24.7 Å². The van der Waals surface area contributed by atoms with Crippen LogP contribution in [0.4, 0.5) is 0 Å². The molecule has 1 nitrogen and oxygen atoms in total. The third-order valence-corrected chi connectivity index (χ3v) is 14.9. The van der Waals surface area contributed by atoms with E-state index in [0.717, 1.165) is 0 Å². The molecule has 0 aromatic heterocycles. The first kappa shape index (κ1) is 20.0. The highest BCUT2D eigenvalue weighted by atomic mass is 31.2. The maximum Gasteiger partial charge on any atom is 0.170 e. The Balaban J connectivity index is 3.95. The Hall–Kier alpha value is -0.0731. The van der Waals surface area contributed by atoms with Gasteiger partial charge in [-0.1, -0.05) is 58.5 Å². The van der Waals surface area contributed by atoms with Crippen LogP contribution in [0.5, 0.6) is 0 Å². The smallest absolute Gasteiger partial charge is 0.170 e. The summed E-state index contributed by atoms with van der Waals surface area (Å²) in [6.07, 6.45) is 0. The summed E-state index contributed by atoms with van der Waals surface area (Å²) in [6.45, 7) is 28.8. The predicted octanol–water partition coefficient (Wildman–Crippen LogP) is 7.28. The Bertz CT molecular complexity index is 535. The predicted molar refractivity (Wildman–Crippen MR) is 108 cm³/mol. The van der Waals surface area contributed by atoms with Crippen LogP contribution in [0, 0.1) is 0 Å². The van der Waals surface area contributed by atoms with Gasteiger partial charge in [0.1, 0.15) is 0 Å². The van der Waals surface area contributed by atoms with Gasteiger partial charge in [-0.25, -0.2) is 0 Å². The molecule has 0 bridgehead atoms. The van der Waals surface area contributed by atoms with Gasteiger partial charge < -0.3 is 4.41 Å². The Kier molecular flexibility index (Phi) is 5.53. The lowest BCUT2D eigenvalue weighted by Crippen LogP contribution is -2.36. The minimum Gasteiger partial charge on any atom is -0.336 e. The van der Waals surface area contributed by atoms with Gasteiger partial charge in [-0.2, -0.15) is 0 Å². The van der Waals surface area contributed by atoms with Crippen LogP contribution in [0.2, 0.25) is 19.6 Å². The van der Waals surface area contributed by atoms with Gasteiger partial charge >= 0.3 is 0 Å². The van der Waals surface area contributed by atoms with Crippen LogP contribution in [0.3, 0.4) is 0 Å². The molecule has 0 spiro atoms. The van der Waals surface area contributed by atoms with Crippen LogP contribution in [0.15, 0.2) is 26.7 Å². The van der Waals surface area contributed by atoms with E-state index in [4.69, 9.17) is 4.41 Å². The summed E-state index contributed by atoms with van der Waals surface area (Å²) < 4.78 is 5.74. The summed E-state index contributed by atoms with van der Waals surface area (Å²) in [7, 11) is -3.04. The van der Waals surface area contributed by atoms with E-state index in [9.17, 15) is 0 Å². The molecule has 0 radical (unpaired) electrons. The second-order valence-electron chi connectivity index (χ2n) is 8.77. The van der Waals surface area contributed by atoms with Gasteiger partial charge in [0.25, 0.3) is 0 Å². The molecule has 3 heteroatoms. The highest BCUT2D eigenvalue weighted by molar-refractivity contribution is 7.70. The molecule has 1 rings (SSSR count). The lowest BCUT2D eigenvalue weighted by Gasteiger charge is -2.50. The van der Waals surface area contributed by atoms with E-state index in [2.05, 4.69) is 82.0 Å². The van der Waals surface area contributed by atoms with Crippen molar-refractivity contribution in [1.82, 2.24) is 0 Å². The number of hydrogen-bond acceptors (Lipinski definition) is 1. The molecule has 0 atom stereocenters. The van der Waals surface area contributed by atoms with Gasteiger partial charge in [-0.05, 0) is 64.1 Å². The maximum atomic E-state index is 5.74. The van der Waals surface area contributed by atoms with Crippen molar-refractivity contribution >= 4 is 15.3 Å². The molecular weight excluding hydrogens is 301 g/mol. The molecular formula is C19H38NPSi. The minimum absolute atomic E-state index is 0.157. The topological polar surface area (TPSA) is 12.4 Å². The molecule has 1 aliphatic carbocycles. The summed E-state index contributed by atoms with van der Waals surface area (Å²) in [5.74, 6) is 0. The van der Waals surface area contributed by atoms with Crippen LogP contribution in [0.1, 0.15) is 62.3 Å². The van der Waals surface area contributed by atoms with Crippen molar-refractivity contribution in [2.75, 3.05) is 0 Å². The number of nitrogens with zero attached hydrogens (tertiary/aromatic N) is 1. The zero-order valence-corrected chi connectivity index (χ0v) is 18.9. The van der Waals surface area contributed by atoms with Gasteiger partial charge in [0.15, 0.2) is 8.24 Å². The minimum atomic E-state index is -1.54. The van der Waals surface area contributed by atoms with Gasteiger partial charge in [0.2, 0.25) is 0 Å². The van der Waals surface area contributed by atoms with E-state index in [1.54, 1.807) is 11.1 Å². The molecule has 0 heterocycles. The number of hydrogen-bond donors (Lipinski definition) is 0. The summed E-state index contributed by atoms with van der Waals surface area (Å²) in [5.41, 5.74) is 7.45. The molecule has 0 aromatic rings. The van der Waals surface area contributed by atoms with Gasteiger partial charge in [0, 0.05) is 5.16 Å². The standard InChI is InChI=1S/C19H38NPSi/c1-13(2)21(14(3)4,20-22(10,11)12)19(9)17(7)15(5)16(6)18(19)8/h13-14H,1-12H3. The van der Waals surface area contributed by atoms with Gasteiger partial charge in [0.05, 0.1) is 0 Å². The molecule has 1 aliphatic rings. The van der Waals surface area contributed by atoms with E-state index < -0.39 is 15.3 Å². The molecule has 0 amide bonds. The van der Waals surface area contributed by atoms with Crippen molar-refractivity contribution in [3.63, 3.8) is 0 Å². The molecule has 0 N–H and O–H groups in total. The van der Waals surface area contributed by atoms with Crippen LogP contribution in [-0.2, 0) is 0 Å². The third kappa shape index (κ3) is 2.75. The molecule has 128 valence electrons. The molecule has 0 saturated heterocycles. The van der Waals surface area contributed by atoms with E-state index in [-0.39, 0.29) is 5.16 Å². The first-order valence-corrected chi connectivity index (χ1v) is 14.1. The Morgan fingerprint density at radius 1 is 0.818 bits per heavy atom. The fourth-order valence-electron chi connectivity index (χ4n) is 4.57. The molecule has 0 unspecified atom stereocenters.